The van der Waals surface area contributed by atoms with Crippen LogP contribution in [0.4, 0.5) is 4.79 Å². The van der Waals surface area contributed by atoms with Crippen molar-refractivity contribution in [3.8, 4) is 0 Å². The third-order valence-corrected chi connectivity index (χ3v) is 8.42. The van der Waals surface area contributed by atoms with E-state index in [0.29, 0.717) is 10.8 Å². The molecule has 1 spiro atoms. The number of benzene rings is 1. The molecule has 4 rings (SSSR count). The molecule has 2 heterocycles. The molecule has 2 fully saturated rings. The lowest BCUT2D eigenvalue weighted by Crippen LogP contribution is -2.65. The number of urea groups is 1. The molecule has 1 aromatic heterocycles. The van der Waals surface area contributed by atoms with Crippen LogP contribution in [0.1, 0.15) is 35.7 Å². The van der Waals surface area contributed by atoms with Gasteiger partial charge in [-0.15, -0.1) is 11.3 Å². The molecule has 1 saturated heterocycles. The zero-order chi connectivity index (χ0) is 18.4. The molecular weight excluding hydrogens is 368 g/mol. The van der Waals surface area contributed by atoms with Crippen LogP contribution in [-0.4, -0.2) is 32.1 Å². The third-order valence-electron chi connectivity index (χ3n) is 5.52. The lowest BCUT2D eigenvalue weighted by molar-refractivity contribution is -0.0998. The maximum absolute atomic E-state index is 12.7. The van der Waals surface area contributed by atoms with Gasteiger partial charge in [-0.25, -0.2) is 13.2 Å². The minimum absolute atomic E-state index is 0.0781. The number of hydrogen-bond acceptors (Lipinski definition) is 4. The van der Waals surface area contributed by atoms with E-state index < -0.39 is 9.84 Å². The first-order chi connectivity index (χ1) is 12.4. The summed E-state index contributed by atoms with van der Waals surface area (Å²) < 4.78 is 23.5. The van der Waals surface area contributed by atoms with Crippen LogP contribution in [0, 0.1) is 5.41 Å². The van der Waals surface area contributed by atoms with Crippen molar-refractivity contribution >= 4 is 27.2 Å². The molecule has 0 radical (unpaired) electrons. The highest BCUT2D eigenvalue weighted by molar-refractivity contribution is 7.92. The van der Waals surface area contributed by atoms with Gasteiger partial charge in [0.15, 0.2) is 9.84 Å². The second kappa shape index (κ2) is 6.39. The van der Waals surface area contributed by atoms with Crippen LogP contribution in [0.25, 0.3) is 0 Å². The molecule has 2 amide bonds. The Labute approximate surface area is 157 Å². The molecule has 0 bridgehead atoms. The summed E-state index contributed by atoms with van der Waals surface area (Å²) in [5, 5.41) is 2.95. The van der Waals surface area contributed by atoms with Crippen molar-refractivity contribution in [2.75, 3.05) is 12.8 Å². The molecule has 26 heavy (non-hydrogen) atoms. The third kappa shape index (κ3) is 3.03. The Morgan fingerprint density at radius 1 is 1.23 bits per heavy atom. The summed E-state index contributed by atoms with van der Waals surface area (Å²) in [6.45, 7) is 1.15. The maximum Gasteiger partial charge on any atom is 0.318 e. The molecule has 2 aliphatic rings. The van der Waals surface area contributed by atoms with Gasteiger partial charge in [0.25, 0.3) is 0 Å². The fourth-order valence-electron chi connectivity index (χ4n) is 4.07. The molecule has 2 aromatic rings. The number of nitrogens with one attached hydrogen (secondary N) is 1. The Balaban J connectivity index is 1.44. The number of carbonyl (C=O) groups excluding carboxylic acids is 1. The molecule has 1 aliphatic heterocycles. The number of rotatable bonds is 4. The molecular formula is C19H22N2O3S2. The maximum atomic E-state index is 12.7. The Hall–Kier alpha value is -1.86. The Bertz CT molecular complexity index is 917. The molecule has 7 heteroatoms. The monoisotopic (exact) mass is 390 g/mol. The summed E-state index contributed by atoms with van der Waals surface area (Å²) in [6, 6.07) is 13.7. The summed E-state index contributed by atoms with van der Waals surface area (Å²) in [5.74, 6) is 0. The van der Waals surface area contributed by atoms with Crippen LogP contribution >= 0.6 is 11.3 Å². The first kappa shape index (κ1) is 17.5. The molecule has 1 atom stereocenters. The molecule has 1 N–H and O–H groups in total. The van der Waals surface area contributed by atoms with Gasteiger partial charge < -0.3 is 10.2 Å². The first-order valence-corrected chi connectivity index (χ1v) is 11.5. The van der Waals surface area contributed by atoms with Crippen LogP contribution < -0.4 is 5.32 Å². The van der Waals surface area contributed by atoms with Crippen molar-refractivity contribution in [2.45, 2.75) is 36.1 Å². The van der Waals surface area contributed by atoms with E-state index in [9.17, 15) is 13.2 Å². The molecule has 138 valence electrons. The predicted octanol–water partition coefficient (Wildman–Crippen LogP) is 3.59. The van der Waals surface area contributed by atoms with E-state index in [-0.39, 0.29) is 17.5 Å². The van der Waals surface area contributed by atoms with Crippen LogP contribution in [0.2, 0.25) is 0 Å². The normalized spacial score (nSPS) is 21.1. The minimum Gasteiger partial charge on any atom is -0.333 e. The van der Waals surface area contributed by atoms with Crippen molar-refractivity contribution in [1.29, 1.82) is 0 Å². The second-order valence-electron chi connectivity index (χ2n) is 7.31. The molecule has 1 aliphatic carbocycles. The van der Waals surface area contributed by atoms with Gasteiger partial charge in [-0.1, -0.05) is 36.8 Å². The van der Waals surface area contributed by atoms with Crippen LogP contribution in [0.3, 0.4) is 0 Å². The van der Waals surface area contributed by atoms with Crippen molar-refractivity contribution in [3.05, 3.63) is 52.9 Å². The molecule has 5 nitrogen and oxygen atoms in total. The summed E-state index contributed by atoms with van der Waals surface area (Å²) in [7, 11) is -3.19. The highest BCUT2D eigenvalue weighted by atomic mass is 32.2. The van der Waals surface area contributed by atoms with Crippen LogP contribution in [-0.2, 0) is 16.4 Å². The molecule has 1 aromatic carbocycles. The lowest BCUT2D eigenvalue weighted by Gasteiger charge is -2.62. The van der Waals surface area contributed by atoms with Crippen molar-refractivity contribution in [2.24, 2.45) is 5.41 Å². The number of thiophene rings is 1. The topological polar surface area (TPSA) is 66.5 Å². The summed E-state index contributed by atoms with van der Waals surface area (Å²) in [6.07, 6.45) is 4.80. The van der Waals surface area contributed by atoms with Gasteiger partial charge in [-0.3, -0.25) is 0 Å². The highest BCUT2D eigenvalue weighted by Crippen LogP contribution is 2.60. The highest BCUT2D eigenvalue weighted by Gasteiger charge is 2.57. The number of amides is 2. The summed E-state index contributed by atoms with van der Waals surface area (Å²) >= 11 is 1.21. The quantitative estimate of drug-likeness (QED) is 0.868. The van der Waals surface area contributed by atoms with Gasteiger partial charge >= 0.3 is 6.03 Å². The van der Waals surface area contributed by atoms with Crippen LogP contribution in [0.5, 0.6) is 0 Å². The van der Waals surface area contributed by atoms with Gasteiger partial charge in [0.1, 0.15) is 4.21 Å². The smallest absolute Gasteiger partial charge is 0.318 e. The number of nitrogens with zero attached hydrogens (tertiary/aromatic N) is 1. The lowest BCUT2D eigenvalue weighted by atomic mass is 9.56. The van der Waals surface area contributed by atoms with Crippen molar-refractivity contribution in [1.82, 2.24) is 10.2 Å². The van der Waals surface area contributed by atoms with E-state index >= 15 is 0 Å². The van der Waals surface area contributed by atoms with E-state index in [2.05, 4.69) is 17.4 Å². The first-order valence-electron chi connectivity index (χ1n) is 8.77. The average molecular weight is 391 g/mol. The number of likely N-dealkylation sites (tertiary alicyclic amines) is 1. The number of sulfone groups is 1. The van der Waals surface area contributed by atoms with Gasteiger partial charge in [-0.2, -0.15) is 0 Å². The average Bonchev–Trinajstić information content (AvgIpc) is 3.01. The van der Waals surface area contributed by atoms with E-state index in [1.165, 1.54) is 42.4 Å². The van der Waals surface area contributed by atoms with Gasteiger partial charge in [0.2, 0.25) is 0 Å². The zero-order valence-electron chi connectivity index (χ0n) is 14.6. The SMILES string of the molecule is CS(=O)(=O)c1ccc(CNC(=O)N2CC3(CCC3)C2c2ccccc2)s1. The predicted molar refractivity (Wildman–Crippen MR) is 102 cm³/mol. The fraction of sp³-hybridized carbons (Fsp3) is 0.421. The largest absolute Gasteiger partial charge is 0.333 e. The van der Waals surface area contributed by atoms with Crippen LogP contribution in [0.15, 0.2) is 46.7 Å². The van der Waals surface area contributed by atoms with E-state index in [4.69, 9.17) is 0 Å². The van der Waals surface area contributed by atoms with E-state index in [1.807, 2.05) is 23.1 Å². The molecule has 1 saturated carbocycles. The van der Waals surface area contributed by atoms with Crippen molar-refractivity contribution < 1.29 is 13.2 Å². The number of hydrogen-bond donors (Lipinski definition) is 1. The second-order valence-corrected chi connectivity index (χ2v) is 10.7. The fourth-order valence-corrected chi connectivity index (χ4v) is 5.99. The minimum atomic E-state index is -3.19. The van der Waals surface area contributed by atoms with E-state index in [1.54, 1.807) is 12.1 Å². The van der Waals surface area contributed by atoms with E-state index in [0.717, 1.165) is 11.4 Å². The zero-order valence-corrected chi connectivity index (χ0v) is 16.3. The summed E-state index contributed by atoms with van der Waals surface area (Å²) in [4.78, 5) is 15.5. The summed E-state index contributed by atoms with van der Waals surface area (Å²) in [5.41, 5.74) is 1.45. The Morgan fingerprint density at radius 2 is 1.96 bits per heavy atom. The van der Waals surface area contributed by atoms with Gasteiger partial charge in [-0.05, 0) is 30.5 Å². The van der Waals surface area contributed by atoms with Gasteiger partial charge in [0, 0.05) is 23.1 Å². The van der Waals surface area contributed by atoms with Crippen molar-refractivity contribution in [3.63, 3.8) is 0 Å². The van der Waals surface area contributed by atoms with Gasteiger partial charge in [0.05, 0.1) is 12.6 Å². The standard InChI is InChI=1S/C19H22N2O3S2/c1-26(23,24)16-9-8-15(25-16)12-20-18(22)21-13-19(10-5-11-19)17(21)14-6-3-2-4-7-14/h2-4,6-9,17H,5,10-13H2,1H3,(H,20,22). The Morgan fingerprint density at radius 3 is 2.54 bits per heavy atom. The Kier molecular flexibility index (Phi) is 4.31. The molecule has 1 unspecified atom stereocenters. The number of carbonyl (C=O) groups is 1.